The molecule has 0 N–H and O–H groups in total. The Bertz CT molecular complexity index is 557. The molecule has 25 heavy (non-hydrogen) atoms. The van der Waals surface area contributed by atoms with Crippen molar-refractivity contribution >= 4 is 29.3 Å². The average Bonchev–Trinajstić information content (AvgIpc) is 2.64. The van der Waals surface area contributed by atoms with Gasteiger partial charge in [-0.05, 0) is 32.6 Å². The third kappa shape index (κ3) is 6.21. The molecule has 2 saturated carbocycles. The summed E-state index contributed by atoms with van der Waals surface area (Å²) in [4.78, 5) is 12.7. The van der Waals surface area contributed by atoms with Gasteiger partial charge in [0.2, 0.25) is 0 Å². The molecule has 2 aliphatic rings. The second kappa shape index (κ2) is 9.87. The zero-order valence-corrected chi connectivity index (χ0v) is 17.0. The summed E-state index contributed by atoms with van der Waals surface area (Å²) < 4.78 is 1.27. The fourth-order valence-corrected chi connectivity index (χ4v) is 6.88. The summed E-state index contributed by atoms with van der Waals surface area (Å²) in [5.74, 6) is 0.168. The van der Waals surface area contributed by atoms with Crippen LogP contribution in [0.4, 0.5) is 0 Å². The second-order valence-electron chi connectivity index (χ2n) is 7.45. The number of benzene rings is 1. The maximum absolute atomic E-state index is 12.7. The van der Waals surface area contributed by atoms with E-state index in [9.17, 15) is 4.79 Å². The molecule has 0 spiro atoms. The highest BCUT2D eigenvalue weighted by molar-refractivity contribution is 8.22. The van der Waals surface area contributed by atoms with Crippen LogP contribution in [0.3, 0.4) is 0 Å². The van der Waals surface area contributed by atoms with Crippen LogP contribution in [0.25, 0.3) is 0 Å². The molecule has 1 aromatic rings. The van der Waals surface area contributed by atoms with Crippen molar-refractivity contribution < 1.29 is 4.79 Å². The van der Waals surface area contributed by atoms with Gasteiger partial charge in [0.15, 0.2) is 5.78 Å². The largest absolute Gasteiger partial charge is 0.289 e. The van der Waals surface area contributed by atoms with Gasteiger partial charge in [0.25, 0.3) is 0 Å². The smallest absolute Gasteiger partial charge is 0.187 e. The van der Waals surface area contributed by atoms with E-state index in [0.717, 1.165) is 5.56 Å². The van der Waals surface area contributed by atoms with E-state index in [1.54, 1.807) is 0 Å². The standard InChI is InChI=1S/C22H30OS2/c1-17-12-14-18(15-13-17)21(23)16-22(24-19-8-4-2-5-9-19)25-20-10-6-3-7-11-20/h12-16,19-20H,2-11H2,1H3. The van der Waals surface area contributed by atoms with Gasteiger partial charge in [0.1, 0.15) is 0 Å². The van der Waals surface area contributed by atoms with Crippen LogP contribution >= 0.6 is 23.5 Å². The monoisotopic (exact) mass is 374 g/mol. The van der Waals surface area contributed by atoms with E-state index in [4.69, 9.17) is 0 Å². The van der Waals surface area contributed by atoms with Gasteiger partial charge in [-0.1, -0.05) is 68.4 Å². The van der Waals surface area contributed by atoms with Crippen molar-refractivity contribution in [2.45, 2.75) is 81.6 Å². The SMILES string of the molecule is Cc1ccc(C(=O)C=C(SC2CCCCC2)SC2CCCCC2)cc1. The van der Waals surface area contributed by atoms with Gasteiger partial charge in [0.05, 0.1) is 0 Å². The molecule has 0 heterocycles. The minimum absolute atomic E-state index is 0.168. The van der Waals surface area contributed by atoms with E-state index >= 15 is 0 Å². The Morgan fingerprint density at radius 2 is 1.32 bits per heavy atom. The van der Waals surface area contributed by atoms with Gasteiger partial charge >= 0.3 is 0 Å². The molecule has 1 nitrogen and oxygen atoms in total. The van der Waals surface area contributed by atoms with Crippen LogP contribution in [0.15, 0.2) is 34.6 Å². The normalized spacial score (nSPS) is 19.6. The molecular formula is C22H30OS2. The maximum Gasteiger partial charge on any atom is 0.187 e. The van der Waals surface area contributed by atoms with Crippen molar-refractivity contribution in [3.05, 3.63) is 45.7 Å². The molecule has 0 unspecified atom stereocenters. The number of carbonyl (C=O) groups excluding carboxylic acids is 1. The van der Waals surface area contributed by atoms with E-state index in [0.29, 0.717) is 10.5 Å². The molecule has 1 aromatic carbocycles. The van der Waals surface area contributed by atoms with Crippen molar-refractivity contribution in [1.82, 2.24) is 0 Å². The fraction of sp³-hybridized carbons (Fsp3) is 0.591. The van der Waals surface area contributed by atoms with Crippen molar-refractivity contribution in [3.8, 4) is 0 Å². The summed E-state index contributed by atoms with van der Waals surface area (Å²) in [6, 6.07) is 7.98. The van der Waals surface area contributed by atoms with E-state index in [1.807, 2.05) is 53.9 Å². The minimum Gasteiger partial charge on any atom is -0.289 e. The number of allylic oxidation sites excluding steroid dienone is 1. The predicted octanol–water partition coefficient (Wildman–Crippen LogP) is 7.15. The van der Waals surface area contributed by atoms with Gasteiger partial charge in [0, 0.05) is 26.4 Å². The van der Waals surface area contributed by atoms with Crippen LogP contribution in [0, 0.1) is 6.92 Å². The third-order valence-corrected chi connectivity index (χ3v) is 8.14. The molecule has 136 valence electrons. The van der Waals surface area contributed by atoms with Gasteiger partial charge in [-0.15, -0.1) is 23.5 Å². The van der Waals surface area contributed by atoms with Crippen LogP contribution in [0.5, 0.6) is 0 Å². The molecule has 0 aliphatic heterocycles. The number of rotatable bonds is 6. The molecule has 0 atom stereocenters. The van der Waals surface area contributed by atoms with Crippen molar-refractivity contribution in [1.29, 1.82) is 0 Å². The van der Waals surface area contributed by atoms with E-state index in [-0.39, 0.29) is 5.78 Å². The minimum atomic E-state index is 0.168. The van der Waals surface area contributed by atoms with Crippen LogP contribution in [0.1, 0.15) is 80.1 Å². The number of carbonyl (C=O) groups is 1. The molecule has 2 aliphatic carbocycles. The number of hydrogen-bond donors (Lipinski definition) is 0. The van der Waals surface area contributed by atoms with Crippen LogP contribution in [-0.4, -0.2) is 16.3 Å². The Morgan fingerprint density at radius 3 is 1.80 bits per heavy atom. The molecular weight excluding hydrogens is 344 g/mol. The van der Waals surface area contributed by atoms with E-state index < -0.39 is 0 Å². The third-order valence-electron chi connectivity index (χ3n) is 5.26. The van der Waals surface area contributed by atoms with E-state index in [1.165, 1.54) is 74.0 Å². The summed E-state index contributed by atoms with van der Waals surface area (Å²) >= 11 is 3.98. The first-order valence-electron chi connectivity index (χ1n) is 9.87. The Morgan fingerprint density at radius 1 is 0.840 bits per heavy atom. The highest BCUT2D eigenvalue weighted by atomic mass is 32.2. The van der Waals surface area contributed by atoms with Crippen molar-refractivity contribution in [2.24, 2.45) is 0 Å². The van der Waals surface area contributed by atoms with Crippen LogP contribution in [0.2, 0.25) is 0 Å². The molecule has 3 rings (SSSR count). The summed E-state index contributed by atoms with van der Waals surface area (Å²) in [6.45, 7) is 2.06. The summed E-state index contributed by atoms with van der Waals surface area (Å²) in [6.07, 6.45) is 15.4. The molecule has 3 heteroatoms. The second-order valence-corrected chi connectivity index (χ2v) is 10.4. The van der Waals surface area contributed by atoms with E-state index in [2.05, 4.69) is 6.92 Å². The molecule has 2 fully saturated rings. The molecule has 0 radical (unpaired) electrons. The zero-order valence-electron chi connectivity index (χ0n) is 15.3. The van der Waals surface area contributed by atoms with Gasteiger partial charge in [-0.25, -0.2) is 0 Å². The molecule has 0 aromatic heterocycles. The van der Waals surface area contributed by atoms with Crippen LogP contribution < -0.4 is 0 Å². The Balaban J connectivity index is 1.70. The number of aryl methyl sites for hydroxylation is 1. The van der Waals surface area contributed by atoms with Gasteiger partial charge in [-0.3, -0.25) is 4.79 Å². The summed E-state index contributed by atoms with van der Waals surface area (Å²) in [5.41, 5.74) is 2.02. The number of hydrogen-bond acceptors (Lipinski definition) is 3. The Labute approximate surface area is 161 Å². The van der Waals surface area contributed by atoms with Crippen molar-refractivity contribution in [2.75, 3.05) is 0 Å². The Hall–Kier alpha value is -0.670. The number of thioether (sulfide) groups is 2. The molecule has 0 bridgehead atoms. The van der Waals surface area contributed by atoms with Gasteiger partial charge in [-0.2, -0.15) is 0 Å². The van der Waals surface area contributed by atoms with Crippen molar-refractivity contribution in [3.63, 3.8) is 0 Å². The summed E-state index contributed by atoms with van der Waals surface area (Å²) in [5, 5.41) is 1.42. The lowest BCUT2D eigenvalue weighted by Crippen LogP contribution is -2.11. The number of ketones is 1. The lowest BCUT2D eigenvalue weighted by molar-refractivity contribution is 0.104. The lowest BCUT2D eigenvalue weighted by atomic mass is 10.0. The van der Waals surface area contributed by atoms with Gasteiger partial charge < -0.3 is 0 Å². The highest BCUT2D eigenvalue weighted by Gasteiger charge is 2.21. The zero-order chi connectivity index (χ0) is 17.5. The molecule has 0 saturated heterocycles. The lowest BCUT2D eigenvalue weighted by Gasteiger charge is -2.25. The topological polar surface area (TPSA) is 17.1 Å². The van der Waals surface area contributed by atoms with Crippen LogP contribution in [-0.2, 0) is 0 Å². The molecule has 0 amide bonds. The summed E-state index contributed by atoms with van der Waals surface area (Å²) in [7, 11) is 0. The first-order chi connectivity index (χ1) is 12.2. The quantitative estimate of drug-likeness (QED) is 0.389. The maximum atomic E-state index is 12.7. The fourth-order valence-electron chi connectivity index (χ4n) is 3.70. The first kappa shape index (κ1) is 19.1. The average molecular weight is 375 g/mol. The first-order valence-corrected chi connectivity index (χ1v) is 11.6. The Kier molecular flexibility index (Phi) is 7.54. The predicted molar refractivity (Wildman–Crippen MR) is 113 cm³/mol. The highest BCUT2D eigenvalue weighted by Crippen LogP contribution is 2.43.